The number of amides is 3. The summed E-state index contributed by atoms with van der Waals surface area (Å²) in [5.41, 5.74) is 13.1. The van der Waals surface area contributed by atoms with Gasteiger partial charge in [0.2, 0.25) is 5.91 Å². The third-order valence-electron chi connectivity index (χ3n) is 3.31. The summed E-state index contributed by atoms with van der Waals surface area (Å²) in [5.74, 6) is -0.420. The van der Waals surface area contributed by atoms with Gasteiger partial charge in [0.15, 0.2) is 0 Å². The fourth-order valence-electron chi connectivity index (χ4n) is 2.40. The van der Waals surface area contributed by atoms with E-state index in [9.17, 15) is 9.59 Å². The lowest BCUT2D eigenvalue weighted by molar-refractivity contribution is -0.120. The van der Waals surface area contributed by atoms with E-state index in [2.05, 4.69) is 5.32 Å². The van der Waals surface area contributed by atoms with Crippen molar-refractivity contribution in [1.29, 1.82) is 0 Å². The summed E-state index contributed by atoms with van der Waals surface area (Å²) in [6.45, 7) is 2.30. The third kappa shape index (κ3) is 2.85. The zero-order valence-electron chi connectivity index (χ0n) is 10.8. The summed E-state index contributed by atoms with van der Waals surface area (Å²) in [4.78, 5) is 24.5. The van der Waals surface area contributed by atoms with E-state index in [1.807, 2.05) is 29.2 Å². The Balaban J connectivity index is 2.24. The predicted octanol–water partition coefficient (Wildman–Crippen LogP) is -0.0402. The van der Waals surface area contributed by atoms with Crippen molar-refractivity contribution >= 4 is 17.6 Å². The molecule has 102 valence electrons. The highest BCUT2D eigenvalue weighted by Crippen LogP contribution is 2.27. The Bertz CT molecular complexity index is 503. The minimum absolute atomic E-state index is 0.0290. The second-order valence-electron chi connectivity index (χ2n) is 4.77. The molecule has 0 saturated carbocycles. The molecule has 2 unspecified atom stereocenters. The number of imide groups is 1. The van der Waals surface area contributed by atoms with Crippen LogP contribution in [0.25, 0.3) is 0 Å². The van der Waals surface area contributed by atoms with Crippen LogP contribution in [0.1, 0.15) is 12.5 Å². The van der Waals surface area contributed by atoms with Crippen LogP contribution in [-0.4, -0.2) is 30.6 Å². The van der Waals surface area contributed by atoms with Crippen LogP contribution in [0.15, 0.2) is 24.3 Å². The predicted molar refractivity (Wildman–Crippen MR) is 72.7 cm³/mol. The number of primary amides is 1. The molecule has 1 aromatic rings. The van der Waals surface area contributed by atoms with Gasteiger partial charge in [0, 0.05) is 18.3 Å². The van der Waals surface area contributed by atoms with Gasteiger partial charge in [-0.05, 0) is 25.0 Å². The van der Waals surface area contributed by atoms with Gasteiger partial charge in [-0.3, -0.25) is 10.1 Å². The van der Waals surface area contributed by atoms with Gasteiger partial charge in [-0.1, -0.05) is 18.2 Å². The minimum atomic E-state index is -0.841. The average Bonchev–Trinajstić information content (AvgIpc) is 2.36. The summed E-state index contributed by atoms with van der Waals surface area (Å²) in [7, 11) is 0. The van der Waals surface area contributed by atoms with Crippen LogP contribution in [0, 0.1) is 0 Å². The Kier molecular flexibility index (Phi) is 3.71. The molecule has 3 amide bonds. The monoisotopic (exact) mass is 262 g/mol. The summed E-state index contributed by atoms with van der Waals surface area (Å²) in [6.07, 6.45) is 0.789. The molecule has 6 heteroatoms. The van der Waals surface area contributed by atoms with E-state index >= 15 is 0 Å². The smallest absolute Gasteiger partial charge is 0.318 e. The fourth-order valence-corrected chi connectivity index (χ4v) is 2.40. The number of carbonyl (C=O) groups is 2. The molecule has 5 N–H and O–H groups in total. The second-order valence-corrected chi connectivity index (χ2v) is 4.77. The molecule has 0 saturated heterocycles. The van der Waals surface area contributed by atoms with E-state index in [0.717, 1.165) is 17.7 Å². The molecule has 1 aliphatic rings. The number of fused-ring (bicyclic) bond motifs is 1. The van der Waals surface area contributed by atoms with E-state index in [0.29, 0.717) is 6.54 Å². The van der Waals surface area contributed by atoms with E-state index < -0.39 is 18.0 Å². The number of hydrogen-bond donors (Lipinski definition) is 3. The molecule has 6 nitrogen and oxygen atoms in total. The van der Waals surface area contributed by atoms with Crippen molar-refractivity contribution < 1.29 is 9.59 Å². The quantitative estimate of drug-likeness (QED) is 0.696. The van der Waals surface area contributed by atoms with Crippen LogP contribution in [0.2, 0.25) is 0 Å². The first-order valence-corrected chi connectivity index (χ1v) is 6.19. The molecule has 1 heterocycles. The molecule has 0 aromatic heterocycles. The maximum absolute atomic E-state index is 11.9. The number of benzene rings is 1. The molecular formula is C13H18N4O2. The second kappa shape index (κ2) is 5.27. The largest absolute Gasteiger partial charge is 0.358 e. The number of urea groups is 1. The fraction of sp³-hybridized carbons (Fsp3) is 0.385. The van der Waals surface area contributed by atoms with Gasteiger partial charge in [0.05, 0.1) is 0 Å². The van der Waals surface area contributed by atoms with Crippen LogP contribution in [-0.2, 0) is 11.2 Å². The van der Waals surface area contributed by atoms with Crippen molar-refractivity contribution in [3.05, 3.63) is 29.8 Å². The number of anilines is 1. The van der Waals surface area contributed by atoms with Gasteiger partial charge in [-0.2, -0.15) is 0 Å². The number of rotatable bonds is 2. The van der Waals surface area contributed by atoms with Gasteiger partial charge >= 0.3 is 6.03 Å². The molecule has 0 bridgehead atoms. The normalized spacial score (nSPS) is 19.5. The van der Waals surface area contributed by atoms with Gasteiger partial charge in [-0.25, -0.2) is 4.79 Å². The van der Waals surface area contributed by atoms with Gasteiger partial charge < -0.3 is 16.4 Å². The average molecular weight is 262 g/mol. The van der Waals surface area contributed by atoms with Crippen LogP contribution in [0.3, 0.4) is 0 Å². The lowest BCUT2D eigenvalue weighted by atomic mass is 9.97. The van der Waals surface area contributed by atoms with Crippen LogP contribution < -0.4 is 21.7 Å². The summed E-state index contributed by atoms with van der Waals surface area (Å²) in [6, 6.07) is 6.45. The molecule has 19 heavy (non-hydrogen) atoms. The Morgan fingerprint density at radius 2 is 2.11 bits per heavy atom. The molecule has 0 radical (unpaired) electrons. The van der Waals surface area contributed by atoms with Crippen molar-refractivity contribution in [3.63, 3.8) is 0 Å². The molecule has 2 rings (SSSR count). The van der Waals surface area contributed by atoms with Gasteiger partial charge in [-0.15, -0.1) is 0 Å². The first-order chi connectivity index (χ1) is 8.99. The van der Waals surface area contributed by atoms with Gasteiger partial charge in [0.25, 0.3) is 0 Å². The molecule has 1 aromatic carbocycles. The molecule has 0 fully saturated rings. The first-order valence-electron chi connectivity index (χ1n) is 6.19. The molecule has 1 aliphatic heterocycles. The molecule has 2 atom stereocenters. The van der Waals surface area contributed by atoms with Crippen molar-refractivity contribution in [2.45, 2.75) is 25.4 Å². The number of nitrogens with one attached hydrogen (secondary N) is 1. The Labute approximate surface area is 111 Å². The van der Waals surface area contributed by atoms with Crippen molar-refractivity contribution in [1.82, 2.24) is 5.32 Å². The Morgan fingerprint density at radius 3 is 2.79 bits per heavy atom. The zero-order chi connectivity index (χ0) is 14.0. The Morgan fingerprint density at radius 1 is 1.42 bits per heavy atom. The minimum Gasteiger partial charge on any atom is -0.358 e. The number of para-hydroxylation sites is 1. The molecule has 0 aliphatic carbocycles. The van der Waals surface area contributed by atoms with Crippen molar-refractivity contribution in [2.75, 3.05) is 11.4 Å². The maximum atomic E-state index is 11.9. The summed E-state index contributed by atoms with van der Waals surface area (Å²) in [5, 5.41) is 2.10. The van der Waals surface area contributed by atoms with Crippen molar-refractivity contribution in [3.8, 4) is 0 Å². The van der Waals surface area contributed by atoms with E-state index in [4.69, 9.17) is 11.5 Å². The van der Waals surface area contributed by atoms with Crippen LogP contribution in [0.4, 0.5) is 10.5 Å². The number of carbonyl (C=O) groups excluding carboxylic acids is 2. The van der Waals surface area contributed by atoms with Gasteiger partial charge in [0.1, 0.15) is 6.04 Å². The highest BCUT2D eigenvalue weighted by atomic mass is 16.2. The summed E-state index contributed by atoms with van der Waals surface area (Å²) >= 11 is 0. The lowest BCUT2D eigenvalue weighted by Crippen LogP contribution is -2.54. The molecular weight excluding hydrogens is 244 g/mol. The van der Waals surface area contributed by atoms with Crippen LogP contribution in [0.5, 0.6) is 0 Å². The maximum Gasteiger partial charge on any atom is 0.318 e. The first kappa shape index (κ1) is 13.4. The Hall–Kier alpha value is -2.08. The van der Waals surface area contributed by atoms with E-state index in [1.165, 1.54) is 0 Å². The van der Waals surface area contributed by atoms with E-state index in [1.54, 1.807) is 6.92 Å². The highest BCUT2D eigenvalue weighted by molar-refractivity contribution is 5.97. The molecule has 0 spiro atoms. The third-order valence-corrected chi connectivity index (χ3v) is 3.31. The zero-order valence-corrected chi connectivity index (χ0v) is 10.8. The highest BCUT2D eigenvalue weighted by Gasteiger charge is 2.29. The standard InChI is InChI=1S/C13H18N4O2/c1-8(12(18)16-13(15)19)17-7-10(14)6-9-4-2-3-5-11(9)17/h2-5,8,10H,6-7,14H2,1H3,(H3,15,16,18,19). The number of nitrogens with two attached hydrogens (primary N) is 2. The van der Waals surface area contributed by atoms with E-state index in [-0.39, 0.29) is 6.04 Å². The number of hydrogen-bond acceptors (Lipinski definition) is 4. The summed E-state index contributed by atoms with van der Waals surface area (Å²) < 4.78 is 0. The van der Waals surface area contributed by atoms with Crippen LogP contribution >= 0.6 is 0 Å². The number of nitrogens with zero attached hydrogens (tertiary/aromatic N) is 1. The van der Waals surface area contributed by atoms with Crippen molar-refractivity contribution in [2.24, 2.45) is 11.5 Å². The topological polar surface area (TPSA) is 101 Å². The lowest BCUT2D eigenvalue weighted by Gasteiger charge is -2.37. The SMILES string of the molecule is CC(C(=O)NC(N)=O)N1CC(N)Cc2ccccc21.